The highest BCUT2D eigenvalue weighted by atomic mass is 16.8. The van der Waals surface area contributed by atoms with Gasteiger partial charge in [-0.1, -0.05) is 18.2 Å². The first kappa shape index (κ1) is 38.2. The number of carbonyl (C=O) groups excluding carboxylic acids is 5. The Hall–Kier alpha value is -4.07. The minimum absolute atomic E-state index is 0.0155. The predicted octanol–water partition coefficient (Wildman–Crippen LogP) is 3.05. The van der Waals surface area contributed by atoms with E-state index in [1.807, 2.05) is 0 Å². The average molecular weight is 710 g/mol. The normalized spacial score (nSPS) is 23.1. The van der Waals surface area contributed by atoms with Gasteiger partial charge in [0.25, 0.3) is 0 Å². The van der Waals surface area contributed by atoms with Crippen molar-refractivity contribution in [2.45, 2.75) is 108 Å². The van der Waals surface area contributed by atoms with E-state index in [1.165, 1.54) is 11.0 Å². The number of benzene rings is 1. The Morgan fingerprint density at radius 2 is 1.73 bits per heavy atom. The Bertz CT molecular complexity index is 1530. The first-order valence-electron chi connectivity index (χ1n) is 17.8. The van der Waals surface area contributed by atoms with Crippen molar-refractivity contribution in [2.75, 3.05) is 27.2 Å². The summed E-state index contributed by atoms with van der Waals surface area (Å²) in [6.45, 7) is 4.96. The Balaban J connectivity index is 1.22. The van der Waals surface area contributed by atoms with Crippen LogP contribution in [0.15, 0.2) is 42.0 Å². The molecule has 4 aliphatic rings. The van der Waals surface area contributed by atoms with Gasteiger partial charge in [0.1, 0.15) is 23.9 Å². The summed E-state index contributed by atoms with van der Waals surface area (Å²) in [6.07, 6.45) is 6.89. The minimum Gasteiger partial charge on any atom is -0.460 e. The lowest BCUT2D eigenvalue weighted by Gasteiger charge is -2.31. The molecule has 3 aliphatic carbocycles. The molecule has 13 heteroatoms. The van der Waals surface area contributed by atoms with Crippen molar-refractivity contribution in [1.29, 1.82) is 0 Å². The van der Waals surface area contributed by atoms with E-state index >= 15 is 0 Å². The number of aliphatic hydroxyl groups excluding tert-OH is 1. The number of ether oxygens (including phenoxy) is 4. The SMILES string of the molecule is CN(C)C(=O)C=Cc1ccccc1C(=O)OC1CC(C(=O)NCCC(=O)NC(CO)CCC(=O)OC(C)(C)C)=CC2OC(C3CC3)(C3CC3)OC21. The summed E-state index contributed by atoms with van der Waals surface area (Å²) in [4.78, 5) is 65.4. The van der Waals surface area contributed by atoms with E-state index < -0.39 is 59.5 Å². The largest absolute Gasteiger partial charge is 0.460 e. The van der Waals surface area contributed by atoms with E-state index in [2.05, 4.69) is 10.6 Å². The standard InChI is InChI=1S/C38H51N3O10/c1-37(2,3)50-33(45)17-15-27(22-42)40-31(43)18-19-39-35(46)24-20-29(34-30(21-24)49-38(51-34,25-11-12-25)26-13-14-26)48-36(47)28-9-7-6-8-23(28)10-16-32(44)41(4)5/h6-10,16,21,25-27,29-30,34,42H,11-15,17-20,22H2,1-5H3,(H,39,46)(H,40,43). The van der Waals surface area contributed by atoms with E-state index in [9.17, 15) is 29.1 Å². The van der Waals surface area contributed by atoms with Gasteiger partial charge in [0.15, 0.2) is 5.79 Å². The van der Waals surface area contributed by atoms with Crippen molar-refractivity contribution in [3.05, 3.63) is 53.1 Å². The zero-order chi connectivity index (χ0) is 36.9. The van der Waals surface area contributed by atoms with Crippen LogP contribution in [-0.4, -0.2) is 103 Å². The third kappa shape index (κ3) is 10.0. The first-order chi connectivity index (χ1) is 24.2. The smallest absolute Gasteiger partial charge is 0.339 e. The third-order valence-electron chi connectivity index (χ3n) is 9.33. The molecule has 2 saturated carbocycles. The maximum Gasteiger partial charge on any atom is 0.339 e. The lowest BCUT2D eigenvalue weighted by molar-refractivity contribution is -0.209. The van der Waals surface area contributed by atoms with Gasteiger partial charge in [-0.2, -0.15) is 0 Å². The van der Waals surface area contributed by atoms with Crippen LogP contribution in [0.4, 0.5) is 0 Å². The van der Waals surface area contributed by atoms with Crippen LogP contribution in [0.25, 0.3) is 6.08 Å². The molecule has 3 N–H and O–H groups in total. The summed E-state index contributed by atoms with van der Waals surface area (Å²) in [6, 6.07) is 6.19. The lowest BCUT2D eigenvalue weighted by atomic mass is 9.91. The van der Waals surface area contributed by atoms with Crippen LogP contribution in [0.2, 0.25) is 0 Å². The predicted molar refractivity (Wildman–Crippen MR) is 186 cm³/mol. The van der Waals surface area contributed by atoms with Crippen molar-refractivity contribution >= 4 is 35.7 Å². The fourth-order valence-corrected chi connectivity index (χ4v) is 6.51. The van der Waals surface area contributed by atoms with Crippen LogP contribution in [0.5, 0.6) is 0 Å². The van der Waals surface area contributed by atoms with Gasteiger partial charge in [0, 0.05) is 63.4 Å². The topological polar surface area (TPSA) is 170 Å². The van der Waals surface area contributed by atoms with Gasteiger partial charge >= 0.3 is 11.9 Å². The second-order valence-electron chi connectivity index (χ2n) is 15.0. The van der Waals surface area contributed by atoms with Crippen molar-refractivity contribution in [3.8, 4) is 0 Å². The molecule has 0 spiro atoms. The second-order valence-corrected chi connectivity index (χ2v) is 15.0. The van der Waals surface area contributed by atoms with Gasteiger partial charge in [-0.25, -0.2) is 4.79 Å². The molecular formula is C38H51N3O10. The molecule has 13 nitrogen and oxygen atoms in total. The Morgan fingerprint density at radius 1 is 1.04 bits per heavy atom. The second kappa shape index (κ2) is 16.1. The van der Waals surface area contributed by atoms with Crippen molar-refractivity contribution < 1.29 is 48.0 Å². The highest BCUT2D eigenvalue weighted by Gasteiger charge is 2.64. The number of hydrogen-bond donors (Lipinski definition) is 3. The van der Waals surface area contributed by atoms with Crippen LogP contribution < -0.4 is 10.6 Å². The zero-order valence-corrected chi connectivity index (χ0v) is 30.1. The van der Waals surface area contributed by atoms with E-state index in [1.54, 1.807) is 71.3 Å². The fraction of sp³-hybridized carbons (Fsp3) is 0.605. The minimum atomic E-state index is -0.827. The lowest BCUT2D eigenvalue weighted by Crippen LogP contribution is -2.44. The Morgan fingerprint density at radius 3 is 2.35 bits per heavy atom. The zero-order valence-electron chi connectivity index (χ0n) is 30.1. The quantitative estimate of drug-likeness (QED) is 0.182. The molecule has 0 aromatic heterocycles. The number of fused-ring (bicyclic) bond motifs is 1. The summed E-state index contributed by atoms with van der Waals surface area (Å²) >= 11 is 0. The van der Waals surface area contributed by atoms with Crippen molar-refractivity contribution in [1.82, 2.24) is 15.5 Å². The van der Waals surface area contributed by atoms with E-state index in [0.717, 1.165) is 25.7 Å². The van der Waals surface area contributed by atoms with Gasteiger partial charge in [-0.05, 0) is 76.7 Å². The third-order valence-corrected chi connectivity index (χ3v) is 9.33. The summed E-state index contributed by atoms with van der Waals surface area (Å²) in [5.74, 6) is -2.34. The Labute approximate surface area is 299 Å². The maximum absolute atomic E-state index is 13.7. The van der Waals surface area contributed by atoms with Crippen LogP contribution in [0.1, 0.15) is 88.1 Å². The summed E-state index contributed by atoms with van der Waals surface area (Å²) in [5.41, 5.74) is 0.509. The summed E-state index contributed by atoms with van der Waals surface area (Å²) < 4.78 is 24.7. The van der Waals surface area contributed by atoms with E-state index in [0.29, 0.717) is 11.1 Å². The molecule has 51 heavy (non-hydrogen) atoms. The molecule has 0 bridgehead atoms. The number of amides is 3. The Kier molecular flexibility index (Phi) is 12.0. The highest BCUT2D eigenvalue weighted by molar-refractivity contribution is 5.97. The molecule has 1 aliphatic heterocycles. The summed E-state index contributed by atoms with van der Waals surface area (Å²) in [5, 5.41) is 15.2. The van der Waals surface area contributed by atoms with E-state index in [4.69, 9.17) is 18.9 Å². The van der Waals surface area contributed by atoms with E-state index in [-0.39, 0.29) is 62.1 Å². The van der Waals surface area contributed by atoms with Gasteiger partial charge in [0.05, 0.1) is 18.2 Å². The number of carbonyl (C=O) groups is 5. The molecule has 4 unspecified atom stereocenters. The molecule has 1 heterocycles. The fourth-order valence-electron chi connectivity index (χ4n) is 6.51. The number of hydrogen-bond acceptors (Lipinski definition) is 10. The number of rotatable bonds is 15. The number of nitrogens with one attached hydrogen (secondary N) is 2. The van der Waals surface area contributed by atoms with Crippen LogP contribution in [0.3, 0.4) is 0 Å². The van der Waals surface area contributed by atoms with Gasteiger partial charge in [0.2, 0.25) is 17.7 Å². The van der Waals surface area contributed by atoms with Crippen LogP contribution in [0, 0.1) is 11.8 Å². The molecular weight excluding hydrogens is 658 g/mol. The van der Waals surface area contributed by atoms with Gasteiger partial charge < -0.3 is 39.6 Å². The first-order valence-corrected chi connectivity index (χ1v) is 17.8. The maximum atomic E-state index is 13.7. The van der Waals surface area contributed by atoms with Crippen LogP contribution >= 0.6 is 0 Å². The molecule has 278 valence electrons. The van der Waals surface area contributed by atoms with Gasteiger partial charge in [-0.15, -0.1) is 0 Å². The van der Waals surface area contributed by atoms with Crippen molar-refractivity contribution in [3.63, 3.8) is 0 Å². The molecule has 3 fully saturated rings. The number of likely N-dealkylation sites (N-methyl/N-ethyl adjacent to an activating group) is 1. The highest BCUT2D eigenvalue weighted by Crippen LogP contribution is 2.59. The molecule has 0 radical (unpaired) electrons. The summed E-state index contributed by atoms with van der Waals surface area (Å²) in [7, 11) is 3.28. The number of aliphatic hydroxyl groups is 1. The monoisotopic (exact) mass is 709 g/mol. The molecule has 3 amide bonds. The molecule has 1 aromatic carbocycles. The average Bonchev–Trinajstić information content (AvgIpc) is 4.02. The van der Waals surface area contributed by atoms with Gasteiger partial charge in [-0.3, -0.25) is 19.2 Å². The molecule has 4 atom stereocenters. The molecule has 5 rings (SSSR count). The molecule has 1 aromatic rings. The molecule has 1 saturated heterocycles. The number of esters is 2. The number of nitrogens with zero attached hydrogens (tertiary/aromatic N) is 1. The van der Waals surface area contributed by atoms with Crippen LogP contribution in [-0.2, 0) is 38.1 Å². The van der Waals surface area contributed by atoms with Crippen molar-refractivity contribution in [2.24, 2.45) is 11.8 Å².